The zero-order valence-corrected chi connectivity index (χ0v) is 22.5. The van der Waals surface area contributed by atoms with Crippen LogP contribution in [0.5, 0.6) is 0 Å². The minimum Gasteiger partial charge on any atom is -0.453 e. The summed E-state index contributed by atoms with van der Waals surface area (Å²) in [4.78, 5) is 4.63. The Morgan fingerprint density at radius 1 is 0.550 bits per heavy atom. The molecule has 0 amide bonds. The van der Waals surface area contributed by atoms with Gasteiger partial charge in [0.15, 0.2) is 5.58 Å². The Labute approximate surface area is 233 Å². The number of furan rings is 1. The van der Waals surface area contributed by atoms with Crippen LogP contribution in [-0.2, 0) is 0 Å². The van der Waals surface area contributed by atoms with E-state index in [1.54, 1.807) is 0 Å². The van der Waals surface area contributed by atoms with Gasteiger partial charge in [0, 0.05) is 34.4 Å². The maximum absolute atomic E-state index is 6.92. The molecule has 192 valence electrons. The molecule has 6 aromatic carbocycles. The lowest BCUT2D eigenvalue weighted by Gasteiger charge is -2.30. The predicted octanol–water partition coefficient (Wildman–Crippen LogP) is 10.0. The van der Waals surface area contributed by atoms with Gasteiger partial charge in [-0.15, -0.1) is 0 Å². The lowest BCUT2D eigenvalue weighted by Crippen LogP contribution is -2.36. The van der Waals surface area contributed by atoms with Crippen LogP contribution in [0, 0.1) is 6.92 Å². The van der Waals surface area contributed by atoms with E-state index in [0.717, 1.165) is 33.2 Å². The molecule has 0 radical (unpaired) electrons. The minimum atomic E-state index is 0.115. The van der Waals surface area contributed by atoms with Crippen LogP contribution in [0.2, 0.25) is 0 Å². The molecule has 1 atom stereocenters. The van der Waals surface area contributed by atoms with Crippen molar-refractivity contribution < 1.29 is 4.42 Å². The summed E-state index contributed by atoms with van der Waals surface area (Å²) < 4.78 is 6.92. The molecule has 1 aliphatic heterocycles. The van der Waals surface area contributed by atoms with Crippen LogP contribution in [0.1, 0.15) is 12.5 Å². The smallest absolute Gasteiger partial charge is 0.159 e. The summed E-state index contributed by atoms with van der Waals surface area (Å²) in [6.07, 6.45) is 4.45. The van der Waals surface area contributed by atoms with Crippen LogP contribution in [0.3, 0.4) is 0 Å². The standard InChI is InChI=1S/C37H28N2O/c1-24-19-20-33-31-17-10-18-32(34-23-26-11-6-7-14-28(26)29-15-8-9-16-30(29)34)36(31)40-37(33)35(24)39-22-21-38(25(39)2)27-12-4-3-5-13-27/h3-23,25H,1-2H3/t25-/m1/s1. The fourth-order valence-corrected chi connectivity index (χ4v) is 6.45. The Kier molecular flexibility index (Phi) is 5.02. The predicted molar refractivity (Wildman–Crippen MR) is 169 cm³/mol. The highest BCUT2D eigenvalue weighted by Crippen LogP contribution is 2.44. The number of rotatable bonds is 3. The molecule has 8 rings (SSSR count). The number of hydrogen-bond acceptors (Lipinski definition) is 3. The zero-order chi connectivity index (χ0) is 26.8. The first kappa shape index (κ1) is 22.9. The molecule has 0 spiro atoms. The van der Waals surface area contributed by atoms with Crippen molar-refractivity contribution in [2.24, 2.45) is 0 Å². The first-order valence-electron chi connectivity index (χ1n) is 13.8. The summed E-state index contributed by atoms with van der Waals surface area (Å²) in [7, 11) is 0. The largest absolute Gasteiger partial charge is 0.453 e. The van der Waals surface area contributed by atoms with Crippen molar-refractivity contribution in [2.45, 2.75) is 20.0 Å². The van der Waals surface area contributed by atoms with Crippen LogP contribution < -0.4 is 9.80 Å². The van der Waals surface area contributed by atoms with E-state index in [1.807, 2.05) is 0 Å². The molecule has 0 saturated heterocycles. The quantitative estimate of drug-likeness (QED) is 0.218. The first-order chi connectivity index (χ1) is 19.7. The number of fused-ring (bicyclic) bond motifs is 6. The monoisotopic (exact) mass is 516 g/mol. The van der Waals surface area contributed by atoms with Crippen molar-refractivity contribution in [3.63, 3.8) is 0 Å². The number of anilines is 2. The molecule has 0 fully saturated rings. The highest BCUT2D eigenvalue weighted by Gasteiger charge is 2.28. The third-order valence-corrected chi connectivity index (χ3v) is 8.41. The average Bonchev–Trinajstić information content (AvgIpc) is 3.57. The number of aryl methyl sites for hydroxylation is 1. The van der Waals surface area contributed by atoms with Crippen molar-refractivity contribution in [2.75, 3.05) is 9.80 Å². The van der Waals surface area contributed by atoms with Gasteiger partial charge in [0.2, 0.25) is 0 Å². The maximum Gasteiger partial charge on any atom is 0.159 e. The number of benzene rings is 6. The first-order valence-corrected chi connectivity index (χ1v) is 13.8. The summed E-state index contributed by atoms with van der Waals surface area (Å²) in [6, 6.07) is 41.2. The van der Waals surface area contributed by atoms with Gasteiger partial charge in [0.05, 0.1) is 5.69 Å². The van der Waals surface area contributed by atoms with E-state index in [1.165, 1.54) is 38.4 Å². The highest BCUT2D eigenvalue weighted by atomic mass is 16.3. The van der Waals surface area contributed by atoms with Crippen molar-refractivity contribution in [3.05, 3.63) is 133 Å². The van der Waals surface area contributed by atoms with Crippen LogP contribution in [0.4, 0.5) is 11.4 Å². The molecule has 0 aliphatic carbocycles. The third-order valence-electron chi connectivity index (χ3n) is 8.41. The van der Waals surface area contributed by atoms with Crippen LogP contribution >= 0.6 is 0 Å². The molecule has 0 unspecified atom stereocenters. The molecule has 1 aliphatic rings. The average molecular weight is 517 g/mol. The lowest BCUT2D eigenvalue weighted by atomic mass is 9.92. The van der Waals surface area contributed by atoms with Gasteiger partial charge in [-0.3, -0.25) is 0 Å². The maximum atomic E-state index is 6.92. The topological polar surface area (TPSA) is 19.6 Å². The van der Waals surface area contributed by atoms with Gasteiger partial charge in [0.25, 0.3) is 0 Å². The molecule has 0 bridgehead atoms. The lowest BCUT2D eigenvalue weighted by molar-refractivity contribution is 0.663. The van der Waals surface area contributed by atoms with Gasteiger partial charge in [0.1, 0.15) is 11.7 Å². The van der Waals surface area contributed by atoms with Crippen molar-refractivity contribution in [3.8, 4) is 11.1 Å². The third kappa shape index (κ3) is 3.31. The number of nitrogens with zero attached hydrogens (tertiary/aromatic N) is 2. The second-order valence-corrected chi connectivity index (χ2v) is 10.7. The van der Waals surface area contributed by atoms with Gasteiger partial charge in [-0.1, -0.05) is 97.1 Å². The molecule has 1 aromatic heterocycles. The summed E-state index contributed by atoms with van der Waals surface area (Å²) in [5.41, 5.74) is 7.66. The molecule has 0 N–H and O–H groups in total. The summed E-state index contributed by atoms with van der Waals surface area (Å²) >= 11 is 0. The van der Waals surface area contributed by atoms with Crippen LogP contribution in [0.15, 0.2) is 132 Å². The van der Waals surface area contributed by atoms with E-state index in [-0.39, 0.29) is 6.17 Å². The van der Waals surface area contributed by atoms with Crippen molar-refractivity contribution in [1.82, 2.24) is 0 Å². The molecular formula is C37H28N2O. The van der Waals surface area contributed by atoms with Gasteiger partial charge < -0.3 is 14.2 Å². The Bertz CT molecular complexity index is 2100. The molecule has 3 heteroatoms. The molecule has 3 nitrogen and oxygen atoms in total. The Morgan fingerprint density at radius 2 is 1.23 bits per heavy atom. The van der Waals surface area contributed by atoms with Crippen LogP contribution in [-0.4, -0.2) is 6.17 Å². The summed E-state index contributed by atoms with van der Waals surface area (Å²) in [5, 5.41) is 7.28. The SMILES string of the molecule is Cc1ccc2c(oc3c(-c4cc5ccccc5c5ccccc45)cccc32)c1N1C=CN(c2ccccc2)[C@H]1C. The molecule has 2 heterocycles. The summed E-state index contributed by atoms with van der Waals surface area (Å²) in [5.74, 6) is 0. The van der Waals surface area contributed by atoms with Crippen molar-refractivity contribution >= 4 is 54.9 Å². The van der Waals surface area contributed by atoms with Gasteiger partial charge in [-0.05, 0) is 64.7 Å². The zero-order valence-electron chi connectivity index (χ0n) is 22.5. The fourth-order valence-electron chi connectivity index (χ4n) is 6.45. The number of para-hydroxylation sites is 2. The van der Waals surface area contributed by atoms with E-state index in [4.69, 9.17) is 4.42 Å². The second kappa shape index (κ2) is 8.75. The normalized spacial score (nSPS) is 15.3. The highest BCUT2D eigenvalue weighted by molar-refractivity contribution is 6.18. The van der Waals surface area contributed by atoms with Crippen molar-refractivity contribution in [1.29, 1.82) is 0 Å². The molecule has 7 aromatic rings. The van der Waals surface area contributed by atoms with E-state index in [2.05, 4.69) is 151 Å². The Hall–Kier alpha value is -5.02. The Morgan fingerprint density at radius 3 is 2.08 bits per heavy atom. The Balaban J connectivity index is 1.35. The van der Waals surface area contributed by atoms with Gasteiger partial charge in [-0.25, -0.2) is 0 Å². The van der Waals surface area contributed by atoms with Gasteiger partial charge >= 0.3 is 0 Å². The summed E-state index contributed by atoms with van der Waals surface area (Å²) in [6.45, 7) is 4.41. The van der Waals surface area contributed by atoms with E-state index < -0.39 is 0 Å². The molecular weight excluding hydrogens is 488 g/mol. The van der Waals surface area contributed by atoms with Gasteiger partial charge in [-0.2, -0.15) is 0 Å². The second-order valence-electron chi connectivity index (χ2n) is 10.7. The van der Waals surface area contributed by atoms with E-state index in [0.29, 0.717) is 0 Å². The van der Waals surface area contributed by atoms with E-state index in [9.17, 15) is 0 Å². The fraction of sp³-hybridized carbons (Fsp3) is 0.0811. The van der Waals surface area contributed by atoms with E-state index >= 15 is 0 Å². The van der Waals surface area contributed by atoms with Crippen LogP contribution in [0.25, 0.3) is 54.6 Å². The molecule has 0 saturated carbocycles. The molecule has 40 heavy (non-hydrogen) atoms. The number of hydrogen-bond donors (Lipinski definition) is 0. The minimum absolute atomic E-state index is 0.115.